The molecule has 11 heteroatoms. The van der Waals surface area contributed by atoms with Crippen molar-refractivity contribution in [3.05, 3.63) is 36.5 Å². The van der Waals surface area contributed by atoms with Gasteiger partial charge in [0.1, 0.15) is 0 Å². The summed E-state index contributed by atoms with van der Waals surface area (Å²) in [5.74, 6) is 0.433. The average Bonchev–Trinajstić information content (AvgIpc) is 3.11. The van der Waals surface area contributed by atoms with Crippen LogP contribution in [0.15, 0.2) is 30.9 Å². The van der Waals surface area contributed by atoms with Gasteiger partial charge in [0.2, 0.25) is 11.5 Å². The molecule has 0 aliphatic carbocycles. The highest BCUT2D eigenvalue weighted by atomic mass is 19.4. The number of anilines is 1. The summed E-state index contributed by atoms with van der Waals surface area (Å²) in [6.45, 7) is 2.46. The number of aromatic nitrogens is 5. The summed E-state index contributed by atoms with van der Waals surface area (Å²) in [7, 11) is 0. The molecule has 3 aromatic heterocycles. The van der Waals surface area contributed by atoms with Gasteiger partial charge in [0.05, 0.1) is 29.5 Å². The van der Waals surface area contributed by atoms with E-state index in [-0.39, 0.29) is 6.04 Å². The lowest BCUT2D eigenvalue weighted by atomic mass is 10.0. The third kappa shape index (κ3) is 3.75. The molecule has 0 amide bonds. The van der Waals surface area contributed by atoms with Crippen molar-refractivity contribution in [1.29, 1.82) is 0 Å². The van der Waals surface area contributed by atoms with Gasteiger partial charge in [0.15, 0.2) is 5.65 Å². The van der Waals surface area contributed by atoms with Crippen molar-refractivity contribution in [3.63, 3.8) is 0 Å². The summed E-state index contributed by atoms with van der Waals surface area (Å²) >= 11 is 0. The van der Waals surface area contributed by atoms with Crippen LogP contribution < -0.4 is 10.6 Å². The Labute approximate surface area is 164 Å². The van der Waals surface area contributed by atoms with Crippen molar-refractivity contribution in [2.45, 2.75) is 37.6 Å². The van der Waals surface area contributed by atoms with E-state index in [0.29, 0.717) is 29.9 Å². The second-order valence-electron chi connectivity index (χ2n) is 7.17. The minimum absolute atomic E-state index is 0.207. The number of piperidine rings is 1. The Bertz CT molecular complexity index is 1010. The van der Waals surface area contributed by atoms with E-state index in [9.17, 15) is 18.3 Å². The summed E-state index contributed by atoms with van der Waals surface area (Å²) in [5.41, 5.74) is -2.32. The fourth-order valence-corrected chi connectivity index (χ4v) is 3.20. The van der Waals surface area contributed by atoms with E-state index in [4.69, 9.17) is 0 Å². The molecule has 0 bridgehead atoms. The Morgan fingerprint density at radius 2 is 2.07 bits per heavy atom. The van der Waals surface area contributed by atoms with Crippen LogP contribution in [0, 0.1) is 0 Å². The zero-order chi connectivity index (χ0) is 20.6. The molecule has 1 aliphatic rings. The first-order valence-corrected chi connectivity index (χ1v) is 9.19. The standard InChI is InChI=1S/C18H20F3N7O/c1-17(29,18(19,20)21)14-10-28-13(8-25-15(28)9-24-14)12-4-6-23-16(27-12)26-11-3-2-5-22-7-11/h4,6,8-11,22,29H,2-3,5,7H2,1H3,(H,23,26,27)/t11-,17-/m1/s1. The molecule has 1 fully saturated rings. The highest BCUT2D eigenvalue weighted by Gasteiger charge is 2.52. The maximum atomic E-state index is 13.2. The topological polar surface area (TPSA) is 100 Å². The molecule has 3 N–H and O–H groups in total. The van der Waals surface area contributed by atoms with Crippen molar-refractivity contribution in [1.82, 2.24) is 29.7 Å². The van der Waals surface area contributed by atoms with Gasteiger partial charge in [0.25, 0.3) is 0 Å². The second kappa shape index (κ2) is 7.23. The van der Waals surface area contributed by atoms with Gasteiger partial charge in [-0.15, -0.1) is 0 Å². The Morgan fingerprint density at radius 1 is 1.24 bits per heavy atom. The van der Waals surface area contributed by atoms with Gasteiger partial charge in [-0.25, -0.2) is 15.0 Å². The van der Waals surface area contributed by atoms with Crippen LogP contribution in [0.1, 0.15) is 25.5 Å². The average molecular weight is 407 g/mol. The van der Waals surface area contributed by atoms with Crippen LogP contribution in [0.25, 0.3) is 17.0 Å². The first kappa shape index (κ1) is 19.5. The second-order valence-corrected chi connectivity index (χ2v) is 7.17. The molecule has 1 saturated heterocycles. The van der Waals surface area contributed by atoms with Crippen LogP contribution in [0.5, 0.6) is 0 Å². The molecular formula is C18H20F3N7O. The lowest BCUT2D eigenvalue weighted by Crippen LogP contribution is -2.40. The molecule has 3 aromatic rings. The van der Waals surface area contributed by atoms with Gasteiger partial charge in [0, 0.05) is 25.0 Å². The number of halogens is 3. The Morgan fingerprint density at radius 3 is 2.79 bits per heavy atom. The first-order valence-electron chi connectivity index (χ1n) is 9.19. The van der Waals surface area contributed by atoms with E-state index >= 15 is 0 Å². The Balaban J connectivity index is 1.69. The lowest BCUT2D eigenvalue weighted by Gasteiger charge is -2.25. The Hall–Kier alpha value is -2.79. The zero-order valence-corrected chi connectivity index (χ0v) is 15.6. The van der Waals surface area contributed by atoms with Gasteiger partial charge in [-0.05, 0) is 32.4 Å². The number of hydrogen-bond acceptors (Lipinski definition) is 7. The summed E-state index contributed by atoms with van der Waals surface area (Å²) in [6, 6.07) is 1.86. The zero-order valence-electron chi connectivity index (χ0n) is 15.6. The predicted octanol–water partition coefficient (Wildman–Crippen LogP) is 2.12. The van der Waals surface area contributed by atoms with Crippen molar-refractivity contribution in [2.24, 2.45) is 0 Å². The third-order valence-electron chi connectivity index (χ3n) is 4.99. The maximum absolute atomic E-state index is 13.2. The summed E-state index contributed by atoms with van der Waals surface area (Å²) in [6.07, 6.45) is 2.58. The fraction of sp³-hybridized carbons (Fsp3) is 0.444. The number of rotatable bonds is 4. The quantitative estimate of drug-likeness (QED) is 0.609. The molecule has 154 valence electrons. The largest absolute Gasteiger partial charge is 0.422 e. The van der Waals surface area contributed by atoms with Crippen LogP contribution in [-0.2, 0) is 5.60 Å². The van der Waals surface area contributed by atoms with Crippen LogP contribution in [-0.4, -0.2) is 54.8 Å². The molecule has 8 nitrogen and oxygen atoms in total. The Kier molecular flexibility index (Phi) is 4.87. The molecule has 1 aliphatic heterocycles. The smallest absolute Gasteiger partial charge is 0.375 e. The highest BCUT2D eigenvalue weighted by Crippen LogP contribution is 2.37. The van der Waals surface area contributed by atoms with Gasteiger partial charge in [-0.1, -0.05) is 0 Å². The first-order chi connectivity index (χ1) is 13.8. The van der Waals surface area contributed by atoms with Crippen molar-refractivity contribution in [2.75, 3.05) is 18.4 Å². The maximum Gasteiger partial charge on any atom is 0.422 e. The number of fused-ring (bicyclic) bond motifs is 1. The molecule has 4 heterocycles. The van der Waals surface area contributed by atoms with Gasteiger partial charge in [-0.2, -0.15) is 13.2 Å². The molecular weight excluding hydrogens is 387 g/mol. The van der Waals surface area contributed by atoms with Crippen LogP contribution in [0.3, 0.4) is 0 Å². The molecule has 0 unspecified atom stereocenters. The minimum Gasteiger partial charge on any atom is -0.375 e. The number of aliphatic hydroxyl groups is 1. The normalized spacial score (nSPS) is 19.8. The molecule has 0 radical (unpaired) electrons. The summed E-state index contributed by atoms with van der Waals surface area (Å²) in [5, 5.41) is 16.5. The van der Waals surface area contributed by atoms with E-state index in [1.807, 2.05) is 0 Å². The van der Waals surface area contributed by atoms with Crippen LogP contribution in [0.4, 0.5) is 19.1 Å². The lowest BCUT2D eigenvalue weighted by molar-refractivity contribution is -0.260. The van der Waals surface area contributed by atoms with Crippen molar-refractivity contribution in [3.8, 4) is 11.4 Å². The molecule has 0 saturated carbocycles. The van der Waals surface area contributed by atoms with Gasteiger partial charge < -0.3 is 15.7 Å². The number of nitrogens with zero attached hydrogens (tertiary/aromatic N) is 5. The van der Waals surface area contributed by atoms with Crippen molar-refractivity contribution < 1.29 is 18.3 Å². The molecule has 4 rings (SSSR count). The van der Waals surface area contributed by atoms with Gasteiger partial charge in [-0.3, -0.25) is 9.38 Å². The van der Waals surface area contributed by atoms with Crippen LogP contribution in [0.2, 0.25) is 0 Å². The van der Waals surface area contributed by atoms with Crippen LogP contribution >= 0.6 is 0 Å². The highest BCUT2D eigenvalue weighted by molar-refractivity contribution is 5.60. The SMILES string of the molecule is C[C@@](O)(c1cn2c(-c3ccnc(N[C@@H]4CCCNC4)n3)cnc2cn1)C(F)(F)F. The molecule has 2 atom stereocenters. The molecule has 0 spiro atoms. The predicted molar refractivity (Wildman–Crippen MR) is 99.2 cm³/mol. The fourth-order valence-electron chi connectivity index (χ4n) is 3.20. The minimum atomic E-state index is -4.87. The van der Waals surface area contributed by atoms with E-state index in [1.165, 1.54) is 16.8 Å². The molecule has 0 aromatic carbocycles. The van der Waals surface area contributed by atoms with E-state index < -0.39 is 17.5 Å². The third-order valence-corrected chi connectivity index (χ3v) is 4.99. The number of imidazole rings is 1. The van der Waals surface area contributed by atoms with E-state index in [2.05, 4.69) is 30.6 Å². The summed E-state index contributed by atoms with van der Waals surface area (Å²) < 4.78 is 41.0. The molecule has 29 heavy (non-hydrogen) atoms. The van der Waals surface area contributed by atoms with E-state index in [0.717, 1.165) is 32.1 Å². The summed E-state index contributed by atoms with van der Waals surface area (Å²) in [4.78, 5) is 16.6. The van der Waals surface area contributed by atoms with E-state index in [1.54, 1.807) is 12.3 Å². The number of nitrogens with one attached hydrogen (secondary N) is 2. The number of alkyl halides is 3. The van der Waals surface area contributed by atoms with Crippen molar-refractivity contribution >= 4 is 11.6 Å². The van der Waals surface area contributed by atoms with Gasteiger partial charge >= 0.3 is 6.18 Å². The number of hydrogen-bond donors (Lipinski definition) is 3. The monoisotopic (exact) mass is 407 g/mol.